The molecule has 6 nitrogen and oxygen atoms in total. The van der Waals surface area contributed by atoms with Crippen LogP contribution in [0.4, 0.5) is 0 Å². The van der Waals surface area contributed by atoms with E-state index in [4.69, 9.17) is 9.15 Å². The van der Waals surface area contributed by atoms with E-state index in [2.05, 4.69) is 5.32 Å². The van der Waals surface area contributed by atoms with Crippen molar-refractivity contribution in [3.05, 3.63) is 34.8 Å². The number of amides is 1. The predicted octanol–water partition coefficient (Wildman–Crippen LogP) is 1.23. The van der Waals surface area contributed by atoms with Crippen molar-refractivity contribution in [2.75, 3.05) is 25.2 Å². The fraction of sp³-hybridized carbons (Fsp3) is 0.467. The van der Waals surface area contributed by atoms with E-state index in [1.807, 2.05) is 11.8 Å². The number of thioether (sulfide) groups is 1. The highest BCUT2D eigenvalue weighted by atomic mass is 32.2. The maximum Gasteiger partial charge on any atom is 0.420 e. The Balaban J connectivity index is 1.68. The highest BCUT2D eigenvalue weighted by Gasteiger charge is 2.34. The van der Waals surface area contributed by atoms with E-state index in [-0.39, 0.29) is 18.1 Å². The first kappa shape index (κ1) is 15.2. The van der Waals surface area contributed by atoms with Crippen molar-refractivity contribution >= 4 is 28.8 Å². The van der Waals surface area contributed by atoms with Crippen LogP contribution in [0.5, 0.6) is 0 Å². The van der Waals surface area contributed by atoms with Crippen LogP contribution in [0.3, 0.4) is 0 Å². The Labute approximate surface area is 131 Å². The maximum atomic E-state index is 12.1. The molecule has 1 unspecified atom stereocenters. The summed E-state index contributed by atoms with van der Waals surface area (Å²) >= 11 is 1.82. The molecule has 22 heavy (non-hydrogen) atoms. The van der Waals surface area contributed by atoms with E-state index >= 15 is 0 Å². The smallest absolute Gasteiger partial charge is 0.408 e. The number of ether oxygens (including phenoxy) is 1. The average Bonchev–Trinajstić information content (AvgIpc) is 3.12. The summed E-state index contributed by atoms with van der Waals surface area (Å²) in [6.07, 6.45) is 0.920. The van der Waals surface area contributed by atoms with Gasteiger partial charge in [-0.15, -0.1) is 0 Å². The molecule has 0 radical (unpaired) electrons. The summed E-state index contributed by atoms with van der Waals surface area (Å²) < 4.78 is 12.0. The third-order valence-corrected chi connectivity index (χ3v) is 5.21. The number of nitrogens with one attached hydrogen (secondary N) is 1. The zero-order valence-corrected chi connectivity index (χ0v) is 13.1. The van der Waals surface area contributed by atoms with Crippen LogP contribution >= 0.6 is 11.8 Å². The van der Waals surface area contributed by atoms with Crippen molar-refractivity contribution in [2.24, 2.45) is 0 Å². The molecule has 1 aromatic carbocycles. The van der Waals surface area contributed by atoms with Crippen LogP contribution in [0.2, 0.25) is 0 Å². The second kappa shape index (κ2) is 6.18. The lowest BCUT2D eigenvalue weighted by Crippen LogP contribution is -2.45. The van der Waals surface area contributed by atoms with Crippen molar-refractivity contribution in [3.8, 4) is 0 Å². The van der Waals surface area contributed by atoms with Gasteiger partial charge in [0.05, 0.1) is 11.1 Å². The number of aromatic nitrogens is 1. The number of rotatable bonds is 5. The molecule has 1 saturated heterocycles. The molecule has 1 N–H and O–H groups in total. The molecule has 0 bridgehead atoms. The number of para-hydroxylation sites is 2. The van der Waals surface area contributed by atoms with Crippen LogP contribution in [-0.2, 0) is 16.1 Å². The van der Waals surface area contributed by atoms with Gasteiger partial charge in [-0.3, -0.25) is 9.36 Å². The van der Waals surface area contributed by atoms with Crippen LogP contribution in [0.25, 0.3) is 11.1 Å². The van der Waals surface area contributed by atoms with E-state index in [9.17, 15) is 9.59 Å². The first-order valence-corrected chi connectivity index (χ1v) is 8.27. The fourth-order valence-corrected chi connectivity index (χ4v) is 3.98. The number of hydrogen-bond acceptors (Lipinski definition) is 5. The third-order valence-electron chi connectivity index (χ3n) is 3.98. The molecule has 1 aliphatic heterocycles. The minimum Gasteiger partial charge on any atom is -0.408 e. The van der Waals surface area contributed by atoms with Crippen LogP contribution in [0, 0.1) is 0 Å². The molecule has 1 aliphatic rings. The topological polar surface area (TPSA) is 73.5 Å². The monoisotopic (exact) mass is 322 g/mol. The predicted molar refractivity (Wildman–Crippen MR) is 85.2 cm³/mol. The van der Waals surface area contributed by atoms with Crippen LogP contribution < -0.4 is 11.1 Å². The van der Waals surface area contributed by atoms with Crippen molar-refractivity contribution in [2.45, 2.75) is 18.6 Å². The van der Waals surface area contributed by atoms with Gasteiger partial charge in [-0.25, -0.2) is 4.79 Å². The normalized spacial score (nSPS) is 21.3. The number of nitrogens with zero attached hydrogens (tertiary/aromatic N) is 1. The van der Waals surface area contributed by atoms with Crippen molar-refractivity contribution in [3.63, 3.8) is 0 Å². The second-order valence-electron chi connectivity index (χ2n) is 5.39. The first-order chi connectivity index (χ1) is 10.6. The minimum absolute atomic E-state index is 0.0528. The van der Waals surface area contributed by atoms with Gasteiger partial charge in [-0.1, -0.05) is 12.1 Å². The van der Waals surface area contributed by atoms with Gasteiger partial charge < -0.3 is 14.5 Å². The van der Waals surface area contributed by atoms with Gasteiger partial charge in [0.2, 0.25) is 5.91 Å². The lowest BCUT2D eigenvalue weighted by molar-refractivity contribution is -0.123. The largest absolute Gasteiger partial charge is 0.420 e. The molecule has 1 aromatic heterocycles. The highest BCUT2D eigenvalue weighted by Crippen LogP contribution is 2.30. The van der Waals surface area contributed by atoms with Gasteiger partial charge in [0.15, 0.2) is 5.58 Å². The number of hydrogen-bond donors (Lipinski definition) is 1. The number of fused-ring (bicyclic) bond motifs is 1. The molecule has 0 saturated carbocycles. The van der Waals surface area contributed by atoms with E-state index in [1.54, 1.807) is 31.4 Å². The van der Waals surface area contributed by atoms with E-state index < -0.39 is 5.76 Å². The number of carbonyl (C=O) groups is 1. The van der Waals surface area contributed by atoms with Crippen molar-refractivity contribution < 1.29 is 13.9 Å². The summed E-state index contributed by atoms with van der Waals surface area (Å²) in [5.41, 5.74) is 0.824. The van der Waals surface area contributed by atoms with Crippen LogP contribution in [0.1, 0.15) is 6.42 Å². The Kier molecular flexibility index (Phi) is 4.26. The fourth-order valence-electron chi connectivity index (χ4n) is 2.58. The summed E-state index contributed by atoms with van der Waals surface area (Å²) in [5.74, 6) is 1.17. The molecule has 7 heteroatoms. The van der Waals surface area contributed by atoms with E-state index in [1.165, 1.54) is 4.57 Å². The zero-order valence-electron chi connectivity index (χ0n) is 12.3. The van der Waals surface area contributed by atoms with Crippen LogP contribution in [-0.4, -0.2) is 41.2 Å². The van der Waals surface area contributed by atoms with Gasteiger partial charge in [0, 0.05) is 19.4 Å². The highest BCUT2D eigenvalue weighted by molar-refractivity contribution is 7.99. The molecule has 0 spiro atoms. The zero-order chi connectivity index (χ0) is 15.6. The lowest BCUT2D eigenvalue weighted by Gasteiger charge is -2.26. The van der Waals surface area contributed by atoms with E-state index in [0.717, 1.165) is 17.9 Å². The third kappa shape index (κ3) is 2.91. The Hall–Kier alpha value is -1.73. The standard InChI is InChI=1S/C15H18N2O4S/c1-20-15(6-7-22-10-15)9-16-13(18)8-17-11-4-2-3-5-12(11)21-14(17)19/h2-5H,6-10H2,1H3,(H,16,18). The molecule has 0 aliphatic carbocycles. The van der Waals surface area contributed by atoms with Gasteiger partial charge in [-0.2, -0.15) is 11.8 Å². The second-order valence-corrected chi connectivity index (χ2v) is 6.49. The van der Waals surface area contributed by atoms with Crippen LogP contribution in [0.15, 0.2) is 33.5 Å². The average molecular weight is 322 g/mol. The first-order valence-electron chi connectivity index (χ1n) is 7.11. The van der Waals surface area contributed by atoms with Gasteiger partial charge in [0.25, 0.3) is 0 Å². The summed E-state index contributed by atoms with van der Waals surface area (Å²) in [5, 5.41) is 2.87. The number of oxazole rings is 1. The molecule has 1 atom stereocenters. The molecule has 3 rings (SSSR count). The number of methoxy groups -OCH3 is 1. The number of benzene rings is 1. The molecule has 1 amide bonds. The molecular weight excluding hydrogens is 304 g/mol. The SMILES string of the molecule is COC1(CNC(=O)Cn2c(=O)oc3ccccc32)CCSC1. The maximum absolute atomic E-state index is 12.1. The summed E-state index contributed by atoms with van der Waals surface area (Å²) in [6.45, 7) is 0.405. The summed E-state index contributed by atoms with van der Waals surface area (Å²) in [4.78, 5) is 24.0. The van der Waals surface area contributed by atoms with Gasteiger partial charge >= 0.3 is 5.76 Å². The van der Waals surface area contributed by atoms with E-state index in [0.29, 0.717) is 17.6 Å². The minimum atomic E-state index is -0.519. The Morgan fingerprint density at radius 3 is 3.05 bits per heavy atom. The lowest BCUT2D eigenvalue weighted by atomic mass is 10.0. The molecule has 118 valence electrons. The molecule has 2 heterocycles. The summed E-state index contributed by atoms with van der Waals surface area (Å²) in [7, 11) is 1.67. The molecule has 2 aromatic rings. The van der Waals surface area contributed by atoms with Gasteiger partial charge in [0.1, 0.15) is 6.54 Å². The van der Waals surface area contributed by atoms with Crippen molar-refractivity contribution in [1.29, 1.82) is 0 Å². The Morgan fingerprint density at radius 1 is 1.50 bits per heavy atom. The quantitative estimate of drug-likeness (QED) is 0.896. The van der Waals surface area contributed by atoms with Gasteiger partial charge in [-0.05, 0) is 24.3 Å². The summed E-state index contributed by atoms with van der Waals surface area (Å²) in [6, 6.07) is 7.07. The molecular formula is C15H18N2O4S. The Bertz CT molecular complexity index is 730. The van der Waals surface area contributed by atoms with Crippen molar-refractivity contribution in [1.82, 2.24) is 9.88 Å². The molecule has 1 fully saturated rings. The number of carbonyl (C=O) groups excluding carboxylic acids is 1. The Morgan fingerprint density at radius 2 is 2.32 bits per heavy atom.